The van der Waals surface area contributed by atoms with Gasteiger partial charge >= 0.3 is 7.60 Å². The molecule has 248 valence electrons. The molecule has 0 bridgehead atoms. The Hall–Kier alpha value is -3.41. The van der Waals surface area contributed by atoms with Crippen LogP contribution in [0.15, 0.2) is 30.5 Å². The third-order valence-electron chi connectivity index (χ3n) is 8.95. The fourth-order valence-electron chi connectivity index (χ4n) is 6.20. The standard InChI is InChI=1S/C31H46N5O8P/c1-4-20(2)27-31(40)35-16-10-9-15-26(35)30(39)32-23(13-6-5-11-17-45(41,42)43)28(37)33-24(29(38)34-27)18-21-19-36(44-3)25-14-8-7-12-22(21)25/h7-8,12,14,19-20,23-24,26-27H,4-6,9-11,13,15-18H2,1-3H3,(H,32,39)(H,33,37)(H,34,38)(H2,41,42,43)/t20?,23-,24-,26+,27-/m0/s1. The predicted octanol–water partition coefficient (Wildman–Crippen LogP) is 1.88. The zero-order valence-electron chi connectivity index (χ0n) is 26.2. The highest BCUT2D eigenvalue weighted by atomic mass is 31.2. The van der Waals surface area contributed by atoms with Gasteiger partial charge in [0.15, 0.2) is 0 Å². The Kier molecular flexibility index (Phi) is 11.7. The highest BCUT2D eigenvalue weighted by molar-refractivity contribution is 7.51. The summed E-state index contributed by atoms with van der Waals surface area (Å²) in [4.78, 5) is 80.9. The third kappa shape index (κ3) is 8.65. The lowest BCUT2D eigenvalue weighted by atomic mass is 9.93. The normalized spacial score (nSPS) is 24.2. The van der Waals surface area contributed by atoms with Gasteiger partial charge in [0.2, 0.25) is 23.6 Å². The molecule has 5 atom stereocenters. The van der Waals surface area contributed by atoms with Crippen molar-refractivity contribution in [3.8, 4) is 0 Å². The summed E-state index contributed by atoms with van der Waals surface area (Å²) in [6.07, 6.45) is 5.47. The fraction of sp³-hybridized carbons (Fsp3) is 0.613. The lowest BCUT2D eigenvalue weighted by Gasteiger charge is -2.39. The number of rotatable bonds is 11. The van der Waals surface area contributed by atoms with E-state index in [0.29, 0.717) is 32.2 Å². The van der Waals surface area contributed by atoms with Crippen LogP contribution in [-0.4, -0.2) is 87.0 Å². The Morgan fingerprint density at radius 3 is 2.40 bits per heavy atom. The number of hydrogen-bond donors (Lipinski definition) is 5. The molecule has 2 aromatic rings. The van der Waals surface area contributed by atoms with Gasteiger partial charge in [-0.15, -0.1) is 0 Å². The molecule has 3 heterocycles. The van der Waals surface area contributed by atoms with Gasteiger partial charge in [-0.1, -0.05) is 51.3 Å². The Balaban J connectivity index is 1.67. The summed E-state index contributed by atoms with van der Waals surface area (Å²) in [5, 5.41) is 9.50. The van der Waals surface area contributed by atoms with Gasteiger partial charge in [0.05, 0.1) is 5.52 Å². The molecule has 4 amide bonds. The van der Waals surface area contributed by atoms with Crippen molar-refractivity contribution in [3.63, 3.8) is 0 Å². The number of fused-ring (bicyclic) bond motifs is 2. The Morgan fingerprint density at radius 1 is 0.978 bits per heavy atom. The largest absolute Gasteiger partial charge is 0.417 e. The van der Waals surface area contributed by atoms with E-state index in [4.69, 9.17) is 4.84 Å². The lowest BCUT2D eigenvalue weighted by Crippen LogP contribution is -2.64. The average Bonchev–Trinajstić information content (AvgIpc) is 3.38. The van der Waals surface area contributed by atoms with Crippen molar-refractivity contribution in [1.29, 1.82) is 0 Å². The van der Waals surface area contributed by atoms with Crippen LogP contribution >= 0.6 is 7.60 Å². The van der Waals surface area contributed by atoms with Crippen LogP contribution in [0.4, 0.5) is 0 Å². The van der Waals surface area contributed by atoms with E-state index in [2.05, 4.69) is 16.0 Å². The molecule has 1 unspecified atom stereocenters. The molecule has 1 aromatic heterocycles. The fourth-order valence-corrected chi connectivity index (χ4v) is 6.83. The maximum atomic E-state index is 14.0. The average molecular weight is 648 g/mol. The van der Waals surface area contributed by atoms with Gasteiger partial charge in [0.25, 0.3) is 0 Å². The second-order valence-corrected chi connectivity index (χ2v) is 13.9. The molecule has 2 saturated heterocycles. The van der Waals surface area contributed by atoms with Crippen molar-refractivity contribution in [2.45, 2.75) is 95.8 Å². The summed E-state index contributed by atoms with van der Waals surface area (Å²) in [5.74, 6) is -2.00. The highest BCUT2D eigenvalue weighted by Crippen LogP contribution is 2.35. The number of piperidine rings is 1. The van der Waals surface area contributed by atoms with Crippen LogP contribution in [0.1, 0.15) is 70.8 Å². The third-order valence-corrected chi connectivity index (χ3v) is 9.85. The number of carbonyl (C=O) groups is 4. The van der Waals surface area contributed by atoms with Gasteiger partial charge in [-0.25, -0.2) is 0 Å². The summed E-state index contributed by atoms with van der Waals surface area (Å²) in [7, 11) is -2.61. The zero-order valence-corrected chi connectivity index (χ0v) is 27.1. The minimum atomic E-state index is -4.14. The second-order valence-electron chi connectivity index (χ2n) is 12.2. The maximum absolute atomic E-state index is 14.0. The topological polar surface area (TPSA) is 179 Å². The molecular weight excluding hydrogens is 601 g/mol. The molecule has 2 aliphatic rings. The summed E-state index contributed by atoms with van der Waals surface area (Å²) in [5.41, 5.74) is 1.54. The molecule has 13 nitrogen and oxygen atoms in total. The van der Waals surface area contributed by atoms with Gasteiger partial charge in [-0.3, -0.25) is 23.7 Å². The number of nitrogens with zero attached hydrogens (tertiary/aromatic N) is 2. The van der Waals surface area contributed by atoms with Crippen molar-refractivity contribution >= 4 is 42.1 Å². The van der Waals surface area contributed by atoms with Gasteiger partial charge in [0, 0.05) is 30.7 Å². The van der Waals surface area contributed by atoms with Crippen LogP contribution in [0.25, 0.3) is 10.9 Å². The molecule has 14 heteroatoms. The summed E-state index contributed by atoms with van der Waals surface area (Å²) < 4.78 is 12.9. The molecule has 0 spiro atoms. The van der Waals surface area contributed by atoms with Crippen LogP contribution in [0.5, 0.6) is 0 Å². The maximum Gasteiger partial charge on any atom is 0.325 e. The van der Waals surface area contributed by atoms with Crippen molar-refractivity contribution in [2.75, 3.05) is 19.8 Å². The van der Waals surface area contributed by atoms with Crippen LogP contribution in [-0.2, 0) is 30.2 Å². The lowest BCUT2D eigenvalue weighted by molar-refractivity contribution is -0.147. The Bertz CT molecular complexity index is 1420. The van der Waals surface area contributed by atoms with Gasteiger partial charge < -0.3 is 35.5 Å². The van der Waals surface area contributed by atoms with Crippen molar-refractivity contribution in [3.05, 3.63) is 36.0 Å². The molecule has 45 heavy (non-hydrogen) atoms. The summed E-state index contributed by atoms with van der Waals surface area (Å²) in [6, 6.07) is 3.80. The van der Waals surface area contributed by atoms with Gasteiger partial charge in [0.1, 0.15) is 31.3 Å². The van der Waals surface area contributed by atoms with E-state index in [1.165, 1.54) is 7.11 Å². The van der Waals surface area contributed by atoms with Crippen LogP contribution in [0.2, 0.25) is 0 Å². The Morgan fingerprint density at radius 2 is 1.69 bits per heavy atom. The molecular formula is C31H46N5O8P. The first-order valence-corrected chi connectivity index (χ1v) is 17.6. The first-order valence-electron chi connectivity index (χ1n) is 15.8. The van der Waals surface area contributed by atoms with Crippen LogP contribution in [0.3, 0.4) is 0 Å². The first kappa shape index (κ1) is 34.5. The summed E-state index contributed by atoms with van der Waals surface area (Å²) in [6.45, 7) is 4.19. The number of carbonyl (C=O) groups excluding carboxylic acids is 4. The van der Waals surface area contributed by atoms with Crippen molar-refractivity contribution < 1.29 is 38.4 Å². The van der Waals surface area contributed by atoms with Gasteiger partial charge in [-0.05, 0) is 49.7 Å². The molecule has 2 fully saturated rings. The number of amides is 4. The van der Waals surface area contributed by atoms with E-state index >= 15 is 0 Å². The zero-order chi connectivity index (χ0) is 32.7. The van der Waals surface area contributed by atoms with E-state index in [9.17, 15) is 33.5 Å². The molecule has 1 aromatic carbocycles. The van der Waals surface area contributed by atoms with E-state index in [-0.39, 0.29) is 37.2 Å². The number of unbranched alkanes of at least 4 members (excludes halogenated alkanes) is 2. The van der Waals surface area contributed by atoms with E-state index < -0.39 is 49.5 Å². The van der Waals surface area contributed by atoms with E-state index in [1.54, 1.807) is 15.8 Å². The number of aromatic nitrogens is 1. The predicted molar refractivity (Wildman–Crippen MR) is 168 cm³/mol. The number of nitrogens with one attached hydrogen (secondary N) is 3. The SMILES string of the molecule is CCC(C)[C@@H]1NC(=O)[C@H](Cc2cn(OC)c3ccccc23)NC(=O)[C@H](CCCCCP(=O)(O)O)NC(=O)[C@H]2CCCCN2C1=O. The number of para-hydroxylation sites is 1. The summed E-state index contributed by atoms with van der Waals surface area (Å²) >= 11 is 0. The second kappa shape index (κ2) is 15.2. The smallest absolute Gasteiger partial charge is 0.325 e. The molecule has 0 saturated carbocycles. The molecule has 0 aliphatic carbocycles. The van der Waals surface area contributed by atoms with E-state index in [0.717, 1.165) is 29.3 Å². The minimum Gasteiger partial charge on any atom is -0.417 e. The van der Waals surface area contributed by atoms with Crippen LogP contribution in [0, 0.1) is 5.92 Å². The Labute approximate surface area is 263 Å². The van der Waals surface area contributed by atoms with Crippen molar-refractivity contribution in [2.24, 2.45) is 5.92 Å². The number of hydrogen-bond acceptors (Lipinski definition) is 6. The highest BCUT2D eigenvalue weighted by Gasteiger charge is 2.41. The molecule has 5 N–H and O–H groups in total. The molecule has 4 rings (SSSR count). The quantitative estimate of drug-likeness (QED) is 0.181. The first-order chi connectivity index (χ1) is 21.4. The molecule has 2 aliphatic heterocycles. The minimum absolute atomic E-state index is 0.102. The molecule has 0 radical (unpaired) electrons. The monoisotopic (exact) mass is 647 g/mol. The van der Waals surface area contributed by atoms with Crippen LogP contribution < -0.4 is 20.8 Å². The number of benzene rings is 1. The van der Waals surface area contributed by atoms with Crippen molar-refractivity contribution in [1.82, 2.24) is 25.6 Å². The van der Waals surface area contributed by atoms with E-state index in [1.807, 2.05) is 38.1 Å². The van der Waals surface area contributed by atoms with Gasteiger partial charge in [-0.2, -0.15) is 4.73 Å².